The van der Waals surface area contributed by atoms with E-state index in [2.05, 4.69) is 15.0 Å². The van der Waals surface area contributed by atoms with Gasteiger partial charge in [-0.1, -0.05) is 24.3 Å². The maximum Gasteiger partial charge on any atom is 0.165 e. The molecule has 0 saturated carbocycles. The van der Waals surface area contributed by atoms with E-state index in [1.165, 1.54) is 6.07 Å². The number of pyridine rings is 2. The van der Waals surface area contributed by atoms with Crippen molar-refractivity contribution in [2.75, 3.05) is 5.73 Å². The SMILES string of the molecule is Nc1ncc(-c2nc(-c3ccc(C=O)cc3)[nH]c2-c2ccncc2)cc1O. The van der Waals surface area contributed by atoms with Gasteiger partial charge in [-0.3, -0.25) is 9.78 Å². The van der Waals surface area contributed by atoms with Crippen molar-refractivity contribution in [3.63, 3.8) is 0 Å². The number of hydrogen-bond acceptors (Lipinski definition) is 6. The maximum absolute atomic E-state index is 10.9. The Kier molecular flexibility index (Phi) is 4.10. The van der Waals surface area contributed by atoms with E-state index in [0.717, 1.165) is 23.1 Å². The third-order valence-electron chi connectivity index (χ3n) is 4.16. The van der Waals surface area contributed by atoms with Crippen LogP contribution in [0.3, 0.4) is 0 Å². The minimum absolute atomic E-state index is 0.0597. The average molecular weight is 357 g/mol. The third-order valence-corrected chi connectivity index (χ3v) is 4.16. The molecule has 7 heteroatoms. The topological polar surface area (TPSA) is 118 Å². The molecule has 27 heavy (non-hydrogen) atoms. The van der Waals surface area contributed by atoms with Crippen molar-refractivity contribution in [2.24, 2.45) is 0 Å². The number of H-pyrrole nitrogens is 1. The molecule has 3 heterocycles. The summed E-state index contributed by atoms with van der Waals surface area (Å²) in [7, 11) is 0. The van der Waals surface area contributed by atoms with E-state index in [1.807, 2.05) is 24.3 Å². The largest absolute Gasteiger partial charge is 0.504 e. The molecule has 0 aliphatic carbocycles. The van der Waals surface area contributed by atoms with Crippen molar-refractivity contribution in [3.8, 4) is 39.7 Å². The van der Waals surface area contributed by atoms with E-state index in [-0.39, 0.29) is 11.6 Å². The number of anilines is 1. The van der Waals surface area contributed by atoms with E-state index in [1.54, 1.807) is 30.7 Å². The molecular formula is C20H15N5O2. The first-order valence-electron chi connectivity index (χ1n) is 8.16. The molecule has 0 saturated heterocycles. The molecule has 0 amide bonds. The Morgan fingerprint density at radius 3 is 2.41 bits per heavy atom. The highest BCUT2D eigenvalue weighted by molar-refractivity contribution is 5.82. The number of imidazole rings is 1. The number of nitrogens with one attached hydrogen (secondary N) is 1. The molecule has 0 radical (unpaired) electrons. The highest BCUT2D eigenvalue weighted by atomic mass is 16.3. The molecular weight excluding hydrogens is 342 g/mol. The molecule has 0 spiro atoms. The first-order chi connectivity index (χ1) is 13.2. The molecule has 4 N–H and O–H groups in total. The van der Waals surface area contributed by atoms with E-state index < -0.39 is 0 Å². The predicted octanol–water partition coefficient (Wildman–Crippen LogP) is 3.30. The summed E-state index contributed by atoms with van der Waals surface area (Å²) in [6, 6.07) is 12.4. The lowest BCUT2D eigenvalue weighted by Crippen LogP contribution is -1.92. The fourth-order valence-corrected chi connectivity index (χ4v) is 2.76. The van der Waals surface area contributed by atoms with E-state index >= 15 is 0 Å². The minimum atomic E-state index is -0.104. The van der Waals surface area contributed by atoms with Crippen molar-refractivity contribution < 1.29 is 9.90 Å². The second-order valence-corrected chi connectivity index (χ2v) is 5.91. The van der Waals surface area contributed by atoms with Crippen LogP contribution in [-0.2, 0) is 0 Å². The summed E-state index contributed by atoms with van der Waals surface area (Å²) in [4.78, 5) is 26.9. The lowest BCUT2D eigenvalue weighted by molar-refractivity contribution is 0.112. The number of hydrogen-bond donors (Lipinski definition) is 3. The number of nitrogens with zero attached hydrogens (tertiary/aromatic N) is 3. The minimum Gasteiger partial charge on any atom is -0.504 e. The zero-order valence-corrected chi connectivity index (χ0v) is 14.1. The van der Waals surface area contributed by atoms with Gasteiger partial charge in [0.25, 0.3) is 0 Å². The summed E-state index contributed by atoms with van der Waals surface area (Å²) in [5, 5.41) is 9.94. The lowest BCUT2D eigenvalue weighted by Gasteiger charge is -2.04. The van der Waals surface area contributed by atoms with Gasteiger partial charge in [0.2, 0.25) is 0 Å². The molecule has 0 aliphatic heterocycles. The van der Waals surface area contributed by atoms with Crippen LogP contribution in [0, 0.1) is 0 Å². The highest BCUT2D eigenvalue weighted by Gasteiger charge is 2.16. The van der Waals surface area contributed by atoms with E-state index in [4.69, 9.17) is 10.7 Å². The average Bonchev–Trinajstić information content (AvgIpc) is 3.16. The van der Waals surface area contributed by atoms with Crippen LogP contribution in [-0.4, -0.2) is 31.3 Å². The van der Waals surface area contributed by atoms with E-state index in [9.17, 15) is 9.90 Å². The van der Waals surface area contributed by atoms with Crippen LogP contribution in [0.15, 0.2) is 61.1 Å². The molecule has 4 rings (SSSR count). The lowest BCUT2D eigenvalue weighted by atomic mass is 10.1. The molecule has 0 fully saturated rings. The number of benzene rings is 1. The summed E-state index contributed by atoms with van der Waals surface area (Å²) in [6.45, 7) is 0. The smallest absolute Gasteiger partial charge is 0.165 e. The molecule has 0 aliphatic rings. The Morgan fingerprint density at radius 2 is 1.74 bits per heavy atom. The molecule has 0 unspecified atom stereocenters. The Labute approximate surface area is 154 Å². The van der Waals surface area contributed by atoms with Gasteiger partial charge in [-0.25, -0.2) is 9.97 Å². The van der Waals surface area contributed by atoms with Crippen molar-refractivity contribution in [3.05, 3.63) is 66.6 Å². The Hall–Kier alpha value is -4.00. The zero-order valence-electron chi connectivity index (χ0n) is 14.1. The van der Waals surface area contributed by atoms with Gasteiger partial charge < -0.3 is 15.8 Å². The van der Waals surface area contributed by atoms with Crippen LogP contribution < -0.4 is 5.73 Å². The van der Waals surface area contributed by atoms with E-state index in [0.29, 0.717) is 22.6 Å². The van der Waals surface area contributed by atoms with Crippen molar-refractivity contribution in [1.82, 2.24) is 19.9 Å². The number of carbonyl (C=O) groups excluding carboxylic acids is 1. The van der Waals surface area contributed by atoms with Crippen LogP contribution in [0.1, 0.15) is 10.4 Å². The van der Waals surface area contributed by atoms with Gasteiger partial charge >= 0.3 is 0 Å². The number of aromatic hydroxyl groups is 1. The van der Waals surface area contributed by atoms with Gasteiger partial charge in [0.1, 0.15) is 12.1 Å². The van der Waals surface area contributed by atoms with Crippen LogP contribution in [0.5, 0.6) is 5.75 Å². The van der Waals surface area contributed by atoms with Gasteiger partial charge in [0.15, 0.2) is 11.6 Å². The molecule has 7 nitrogen and oxygen atoms in total. The van der Waals surface area contributed by atoms with Gasteiger partial charge in [-0.15, -0.1) is 0 Å². The number of carbonyl (C=O) groups is 1. The van der Waals surface area contributed by atoms with Gasteiger partial charge in [0, 0.05) is 40.8 Å². The maximum atomic E-state index is 10.9. The molecule has 4 aromatic rings. The van der Waals surface area contributed by atoms with Crippen molar-refractivity contribution in [1.29, 1.82) is 0 Å². The van der Waals surface area contributed by atoms with Gasteiger partial charge in [-0.05, 0) is 18.2 Å². The number of nitrogens with two attached hydrogens (primary N) is 1. The normalized spacial score (nSPS) is 10.7. The number of aromatic amines is 1. The van der Waals surface area contributed by atoms with Crippen LogP contribution >= 0.6 is 0 Å². The van der Waals surface area contributed by atoms with Crippen LogP contribution in [0.2, 0.25) is 0 Å². The second-order valence-electron chi connectivity index (χ2n) is 5.91. The van der Waals surface area contributed by atoms with Crippen LogP contribution in [0.25, 0.3) is 33.9 Å². The fourth-order valence-electron chi connectivity index (χ4n) is 2.76. The molecule has 0 bridgehead atoms. The molecule has 0 atom stereocenters. The number of rotatable bonds is 4. The Balaban J connectivity index is 1.88. The predicted molar refractivity (Wildman–Crippen MR) is 102 cm³/mol. The highest BCUT2D eigenvalue weighted by Crippen LogP contribution is 2.34. The first kappa shape index (κ1) is 16.5. The number of aromatic nitrogens is 4. The second kappa shape index (κ2) is 6.72. The fraction of sp³-hybridized carbons (Fsp3) is 0. The van der Waals surface area contributed by atoms with Crippen molar-refractivity contribution in [2.45, 2.75) is 0 Å². The Bertz CT molecular complexity index is 1110. The summed E-state index contributed by atoms with van der Waals surface area (Å²) < 4.78 is 0. The summed E-state index contributed by atoms with van der Waals surface area (Å²) in [6.07, 6.45) is 5.74. The number of aldehydes is 1. The quantitative estimate of drug-likeness (QED) is 0.482. The summed E-state index contributed by atoms with van der Waals surface area (Å²) in [5.74, 6) is 0.586. The zero-order chi connectivity index (χ0) is 18.8. The van der Waals surface area contributed by atoms with Crippen LogP contribution in [0.4, 0.5) is 5.82 Å². The standard InChI is InChI=1S/C20H15N5O2/c21-19-16(27)9-15(10-23-19)18-17(13-5-7-22-8-6-13)24-20(25-18)14-3-1-12(11-26)2-4-14/h1-11,27H,(H2,21,23)(H,24,25). The molecule has 1 aromatic carbocycles. The summed E-state index contributed by atoms with van der Waals surface area (Å²) in [5.41, 5.74) is 9.93. The monoisotopic (exact) mass is 357 g/mol. The molecule has 132 valence electrons. The third kappa shape index (κ3) is 3.13. The van der Waals surface area contributed by atoms with Gasteiger partial charge in [-0.2, -0.15) is 0 Å². The summed E-state index contributed by atoms with van der Waals surface area (Å²) >= 11 is 0. The van der Waals surface area contributed by atoms with Gasteiger partial charge in [0.05, 0.1) is 11.4 Å². The number of nitrogen functional groups attached to an aromatic ring is 1. The Morgan fingerprint density at radius 1 is 1.00 bits per heavy atom. The van der Waals surface area contributed by atoms with Crippen molar-refractivity contribution >= 4 is 12.1 Å². The first-order valence-corrected chi connectivity index (χ1v) is 8.16. The molecule has 3 aromatic heterocycles.